The van der Waals surface area contributed by atoms with Crippen LogP contribution in [0.25, 0.3) is 129 Å². The highest BCUT2D eigenvalue weighted by molar-refractivity contribution is 7.21. The highest BCUT2D eigenvalue weighted by Gasteiger charge is 2.31. The molecule has 0 atom stereocenters. The molecule has 0 fully saturated rings. The van der Waals surface area contributed by atoms with Crippen molar-refractivity contribution >= 4 is 203 Å². The molecular formula is C126H84N12S3. The second kappa shape index (κ2) is 37.2. The highest BCUT2D eigenvalue weighted by atomic mass is 32.1. The van der Waals surface area contributed by atoms with E-state index < -0.39 is 0 Å². The second-order valence-electron chi connectivity index (χ2n) is 34.5. The third kappa shape index (κ3) is 16.1. The molecule has 25 aromatic rings. The van der Waals surface area contributed by atoms with E-state index in [2.05, 4.69) is 539 Å². The van der Waals surface area contributed by atoms with E-state index in [-0.39, 0.29) is 0 Å². The van der Waals surface area contributed by atoms with Crippen molar-refractivity contribution in [2.45, 2.75) is 0 Å². The van der Waals surface area contributed by atoms with Crippen molar-refractivity contribution < 1.29 is 0 Å². The van der Waals surface area contributed by atoms with Gasteiger partial charge in [-0.25, -0.2) is 29.9 Å². The average molecular weight is 1860 g/mol. The summed E-state index contributed by atoms with van der Waals surface area (Å²) in [6, 6.07) is 180. The number of thiophene rings is 3. The minimum Gasteiger partial charge on any atom is -0.311 e. The SMILES string of the molecule is c1ccc(N(c2ccccc2)c2ccc(-c3sc(-c4ccc(N(c5ccccc5)c5ccccc5)cc4)c4nc5c(nc34)c3nc4c(-c6ccc(N(c7ccccc7)c7ccccc7)cc6)sc(-c6ccc(N(c7ccccc7)c7ccccc7)cc6)c4nc3c3nc4c(-c6ccc(N(c7ccccc7)c7ccccc7)cc6)sc(-c6ccc(N(c7ccccc7)c7ccccc7)cc6)c4nc53)cc2)cc1. The van der Waals surface area contributed by atoms with Crippen molar-refractivity contribution in [1.29, 1.82) is 0 Å². The third-order valence-electron chi connectivity index (χ3n) is 25.8. The van der Waals surface area contributed by atoms with Gasteiger partial charge in [0.05, 0.1) is 29.3 Å². The molecule has 0 spiro atoms. The Kier molecular flexibility index (Phi) is 22.3. The molecule has 0 bridgehead atoms. The molecule has 6 heterocycles. The number of anilines is 18. The van der Waals surface area contributed by atoms with Crippen LogP contribution in [0.1, 0.15) is 0 Å². The molecule has 0 saturated heterocycles. The van der Waals surface area contributed by atoms with E-state index in [1.807, 2.05) is 0 Å². The average Bonchev–Trinajstić information content (AvgIpc) is 1.59. The summed E-state index contributed by atoms with van der Waals surface area (Å²) in [5, 5.41) is 0. The highest BCUT2D eigenvalue weighted by Crippen LogP contribution is 2.53. The number of para-hydroxylation sites is 12. The predicted molar refractivity (Wildman–Crippen MR) is 593 cm³/mol. The maximum Gasteiger partial charge on any atom is 0.120 e. The Bertz CT molecular complexity index is 7170. The Balaban J connectivity index is 0.765. The van der Waals surface area contributed by atoms with E-state index in [0.717, 1.165) is 165 Å². The van der Waals surface area contributed by atoms with Gasteiger partial charge in [0.1, 0.15) is 66.2 Å². The Morgan fingerprint density at radius 2 is 0.191 bits per heavy atom. The van der Waals surface area contributed by atoms with Crippen molar-refractivity contribution in [3.63, 3.8) is 0 Å². The number of aromatic nitrogens is 6. The molecule has 0 saturated carbocycles. The summed E-state index contributed by atoms with van der Waals surface area (Å²) in [7, 11) is 0. The summed E-state index contributed by atoms with van der Waals surface area (Å²) >= 11 is 5.06. The zero-order valence-electron chi connectivity index (χ0n) is 76.1. The number of hydrogen-bond acceptors (Lipinski definition) is 15. The summed E-state index contributed by atoms with van der Waals surface area (Å²) in [5.41, 5.74) is 31.7. The quantitative estimate of drug-likeness (QED) is 0.0539. The maximum atomic E-state index is 6.20. The fourth-order valence-electron chi connectivity index (χ4n) is 19.2. The van der Waals surface area contributed by atoms with Crippen LogP contribution in [0.4, 0.5) is 102 Å². The van der Waals surface area contributed by atoms with Gasteiger partial charge in [-0.05, 0) is 252 Å². The van der Waals surface area contributed by atoms with Crippen molar-refractivity contribution in [2.24, 2.45) is 0 Å². The van der Waals surface area contributed by atoms with Crippen molar-refractivity contribution in [3.8, 4) is 62.6 Å². The van der Waals surface area contributed by atoms with Crippen LogP contribution in [0.15, 0.2) is 510 Å². The van der Waals surface area contributed by atoms with E-state index >= 15 is 0 Å². The molecule has 25 rings (SSSR count). The summed E-state index contributed by atoms with van der Waals surface area (Å²) in [5.74, 6) is 0. The lowest BCUT2D eigenvalue weighted by molar-refractivity contribution is 1.28. The van der Waals surface area contributed by atoms with E-state index in [1.165, 1.54) is 0 Å². The molecule has 0 unspecified atom stereocenters. The number of hydrogen-bond donors (Lipinski definition) is 0. The lowest BCUT2D eigenvalue weighted by Gasteiger charge is -2.25. The topological polar surface area (TPSA) is 96.8 Å². The van der Waals surface area contributed by atoms with Crippen molar-refractivity contribution in [1.82, 2.24) is 29.9 Å². The van der Waals surface area contributed by atoms with Crippen LogP contribution < -0.4 is 29.4 Å². The van der Waals surface area contributed by atoms with Gasteiger partial charge in [0.2, 0.25) is 0 Å². The van der Waals surface area contributed by atoms with E-state index in [4.69, 9.17) is 29.9 Å². The molecular weight excluding hydrogens is 1780 g/mol. The molecule has 0 aliphatic carbocycles. The van der Waals surface area contributed by atoms with Crippen molar-refractivity contribution in [2.75, 3.05) is 29.4 Å². The van der Waals surface area contributed by atoms with Gasteiger partial charge >= 0.3 is 0 Å². The zero-order chi connectivity index (χ0) is 93.5. The molecule has 15 heteroatoms. The summed E-state index contributed by atoms with van der Waals surface area (Å²) in [6.45, 7) is 0. The van der Waals surface area contributed by atoms with Gasteiger partial charge in [0.25, 0.3) is 0 Å². The van der Waals surface area contributed by atoms with Gasteiger partial charge in [-0.3, -0.25) is 0 Å². The Morgan fingerprint density at radius 1 is 0.0993 bits per heavy atom. The number of fused-ring (bicyclic) bond motifs is 9. The lowest BCUT2D eigenvalue weighted by atomic mass is 10.1. The fourth-order valence-corrected chi connectivity index (χ4v) is 22.8. The molecule has 12 nitrogen and oxygen atoms in total. The molecule has 0 N–H and O–H groups in total. The molecule has 0 radical (unpaired) electrons. The van der Waals surface area contributed by atoms with Gasteiger partial charge in [-0.1, -0.05) is 291 Å². The Morgan fingerprint density at radius 3 is 0.291 bits per heavy atom. The minimum atomic E-state index is 0.535. The molecule has 666 valence electrons. The third-order valence-corrected chi connectivity index (χ3v) is 29.6. The maximum absolute atomic E-state index is 6.20. The molecule has 19 aromatic carbocycles. The van der Waals surface area contributed by atoms with E-state index in [1.54, 1.807) is 34.0 Å². The van der Waals surface area contributed by atoms with E-state index in [9.17, 15) is 0 Å². The Labute approximate surface area is 827 Å². The van der Waals surface area contributed by atoms with Crippen LogP contribution in [0.3, 0.4) is 0 Å². The van der Waals surface area contributed by atoms with Gasteiger partial charge in [0.15, 0.2) is 0 Å². The minimum absolute atomic E-state index is 0.535. The van der Waals surface area contributed by atoms with Gasteiger partial charge in [-0.15, -0.1) is 34.0 Å². The molecule has 0 aliphatic heterocycles. The van der Waals surface area contributed by atoms with Crippen LogP contribution in [0.2, 0.25) is 0 Å². The van der Waals surface area contributed by atoms with Crippen LogP contribution >= 0.6 is 34.0 Å². The van der Waals surface area contributed by atoms with Crippen LogP contribution in [0, 0.1) is 0 Å². The first-order valence-electron chi connectivity index (χ1n) is 47.0. The van der Waals surface area contributed by atoms with Gasteiger partial charge < -0.3 is 29.4 Å². The largest absolute Gasteiger partial charge is 0.311 e. The molecule has 0 amide bonds. The fraction of sp³-hybridized carbons (Fsp3) is 0. The number of nitrogens with zero attached hydrogens (tertiary/aromatic N) is 12. The van der Waals surface area contributed by atoms with Crippen LogP contribution in [-0.4, -0.2) is 29.9 Å². The molecule has 6 aromatic heterocycles. The lowest BCUT2D eigenvalue weighted by Crippen LogP contribution is -2.09. The summed E-state index contributed by atoms with van der Waals surface area (Å²) in [4.78, 5) is 56.6. The standard InChI is InChI=1S/C126H84N12S3/c1-13-37-91(38-14-1)133(92-39-15-2-16-40-92)103-73-61-85(62-74-103)121-115-116(122(139-121)86-63-75-104(76-64-86)134(93-41-17-3-18-42-93)94-43-19-4-20-44-94)128-110-109(127-115)111-113(131-118-117(129-111)123(87-65-77-105(78-66-87)135(95-45-21-5-22-46-95)96-47-23-6-24-48-96)140-124(118)88-67-79-106(80-68-88)136(97-49-25-7-26-50-97)98-51-27-8-28-52-98)114-112(110)130-119-120(132-114)126(90-71-83-108(84-72-90)138(101-57-33-11-34-58-101)102-59-35-12-36-60-102)141-125(119)89-69-81-107(82-70-89)137(99-53-29-9-30-54-99)100-55-31-10-32-56-100/h1-84H. The monoisotopic (exact) mass is 1860 g/mol. The number of rotatable bonds is 24. The van der Waals surface area contributed by atoms with E-state index in [0.29, 0.717) is 66.2 Å². The first kappa shape index (κ1) is 84.6. The first-order chi connectivity index (χ1) is 69.9. The summed E-state index contributed by atoms with van der Waals surface area (Å²) in [6.07, 6.45) is 0. The van der Waals surface area contributed by atoms with Crippen LogP contribution in [0.5, 0.6) is 0 Å². The summed E-state index contributed by atoms with van der Waals surface area (Å²) < 4.78 is 0. The normalized spacial score (nSPS) is 11.4. The molecule has 141 heavy (non-hydrogen) atoms. The second-order valence-corrected chi connectivity index (χ2v) is 37.5. The van der Waals surface area contributed by atoms with Crippen LogP contribution in [-0.2, 0) is 0 Å². The van der Waals surface area contributed by atoms with Gasteiger partial charge in [0, 0.05) is 102 Å². The predicted octanol–water partition coefficient (Wildman–Crippen LogP) is 36.0. The van der Waals surface area contributed by atoms with Gasteiger partial charge in [-0.2, -0.15) is 0 Å². The zero-order valence-corrected chi connectivity index (χ0v) is 78.5. The first-order valence-corrected chi connectivity index (χ1v) is 49.5. The Hall–Kier alpha value is -18.1. The molecule has 0 aliphatic rings. The van der Waals surface area contributed by atoms with Crippen molar-refractivity contribution in [3.05, 3.63) is 510 Å². The smallest absolute Gasteiger partial charge is 0.120 e. The number of benzene rings is 19.